The van der Waals surface area contributed by atoms with E-state index in [9.17, 15) is 56.7 Å². The number of fused-ring (bicyclic) bond motifs is 4. The van der Waals surface area contributed by atoms with Gasteiger partial charge in [0.2, 0.25) is 35.4 Å². The number of ether oxygens (including phenoxy) is 3. The predicted octanol–water partition coefficient (Wildman–Crippen LogP) is 3.67. The van der Waals surface area contributed by atoms with Crippen LogP contribution in [0.2, 0.25) is 0 Å². The number of hydrogen-bond acceptors (Lipinski definition) is 17. The second kappa shape index (κ2) is 24.8. The Balaban J connectivity index is 0.833. The Morgan fingerprint density at radius 1 is 0.988 bits per heavy atom. The zero-order valence-corrected chi connectivity index (χ0v) is 47.7. The van der Waals surface area contributed by atoms with Crippen molar-refractivity contribution in [1.82, 2.24) is 35.6 Å². The van der Waals surface area contributed by atoms with Gasteiger partial charge in [0.1, 0.15) is 47.7 Å². The molecule has 1 saturated heterocycles. The lowest BCUT2D eigenvalue weighted by molar-refractivity contribution is -0.172. The molecule has 1 fully saturated rings. The second-order valence-corrected chi connectivity index (χ2v) is 24.2. The molecule has 1 aliphatic carbocycles. The van der Waals surface area contributed by atoms with Gasteiger partial charge in [-0.3, -0.25) is 38.6 Å². The first-order chi connectivity index (χ1) is 38.8. The topological polar surface area (TPSA) is 306 Å². The van der Waals surface area contributed by atoms with Crippen LogP contribution in [0.3, 0.4) is 0 Å². The largest absolute Gasteiger partial charge is 0.444 e. The van der Waals surface area contributed by atoms with Crippen LogP contribution in [0.25, 0.3) is 16.6 Å². The van der Waals surface area contributed by atoms with E-state index in [0.29, 0.717) is 88.9 Å². The number of nitrogens with zero attached hydrogens (tertiary/aromatic N) is 4. The van der Waals surface area contributed by atoms with E-state index < -0.39 is 94.2 Å². The Kier molecular flexibility index (Phi) is 18.3. The third-order valence-corrected chi connectivity index (χ3v) is 16.5. The molecule has 82 heavy (non-hydrogen) atoms. The molecule has 25 heteroatoms. The van der Waals surface area contributed by atoms with Gasteiger partial charge in [0.25, 0.3) is 0 Å². The van der Waals surface area contributed by atoms with E-state index in [1.807, 2.05) is 4.90 Å². The van der Waals surface area contributed by atoms with Crippen LogP contribution in [-0.4, -0.2) is 149 Å². The number of nitrogens with one attached hydrogen (secondary N) is 4. The molecule has 1 unspecified atom stereocenters. The van der Waals surface area contributed by atoms with Crippen LogP contribution < -0.4 is 21.3 Å². The van der Waals surface area contributed by atoms with Crippen LogP contribution in [-0.2, 0) is 82.0 Å². The number of unbranched alkanes of at least 4 members (excludes halogenated alkanes) is 2. The van der Waals surface area contributed by atoms with Gasteiger partial charge in [0.15, 0.2) is 5.60 Å². The number of imide groups is 1. The lowest BCUT2D eigenvalue weighted by atomic mass is 9.81. The maximum absolute atomic E-state index is 15.5. The molecule has 2 aromatic carbocycles. The maximum atomic E-state index is 15.5. The fraction of sp³-hybridized carbons (Fsp3) is 0.509. The van der Waals surface area contributed by atoms with Gasteiger partial charge in [-0.2, -0.15) is 0 Å². The van der Waals surface area contributed by atoms with Crippen molar-refractivity contribution in [3.63, 3.8) is 0 Å². The van der Waals surface area contributed by atoms with Crippen molar-refractivity contribution in [3.05, 3.63) is 86.9 Å². The molecule has 3 aromatic rings. The molecule has 5 heterocycles. The highest BCUT2D eigenvalue weighted by molar-refractivity contribution is 7.90. The van der Waals surface area contributed by atoms with Gasteiger partial charge >= 0.3 is 18.0 Å². The van der Waals surface area contributed by atoms with Crippen molar-refractivity contribution in [2.45, 2.75) is 130 Å². The summed E-state index contributed by atoms with van der Waals surface area (Å²) in [5, 5.41) is 23.2. The number of anilines is 1. The number of likely N-dealkylation sites (tertiary alicyclic amines) is 1. The van der Waals surface area contributed by atoms with Crippen LogP contribution in [0.4, 0.5) is 14.9 Å². The Hall–Kier alpha value is -7.64. The molecule has 7 amide bonds. The van der Waals surface area contributed by atoms with Gasteiger partial charge in [0.05, 0.1) is 40.8 Å². The first-order valence-electron chi connectivity index (χ1n) is 27.4. The van der Waals surface area contributed by atoms with E-state index >= 15 is 4.39 Å². The van der Waals surface area contributed by atoms with Crippen LogP contribution in [0.5, 0.6) is 0 Å². The Labute approximate surface area is 473 Å². The van der Waals surface area contributed by atoms with E-state index in [4.69, 9.17) is 19.2 Å². The lowest BCUT2D eigenvalue weighted by Crippen LogP contribution is -2.53. The SMILES string of the molecule is CC[C@@]1(O)C(=O)OC(=O)C2=C1C=C1c3nc4cc(F)c(C)c5c4c(c3CN1C2)[C@@H](NC(=O)COCN(CCS(C)(=O)=O)C(=O)OCc1ccc(NC(=O)[C@H](C)NC(=O)[C@@H](NC(=O)CCCCCN2C(=O)CC(C)C2=O)C(C)C)cc1)CC5. The van der Waals surface area contributed by atoms with Gasteiger partial charge in [-0.1, -0.05) is 46.2 Å². The number of sulfone groups is 1. The number of pyridine rings is 1. The fourth-order valence-electron chi connectivity index (χ4n) is 10.8. The van der Waals surface area contributed by atoms with Crippen LogP contribution in [0.1, 0.15) is 119 Å². The number of carbonyl (C=O) groups excluding carboxylic acids is 9. The molecule has 4 aliphatic heterocycles. The minimum atomic E-state index is -3.58. The third-order valence-electron chi connectivity index (χ3n) is 15.6. The minimum absolute atomic E-state index is 0.00630. The molecule has 8 rings (SSSR count). The predicted molar refractivity (Wildman–Crippen MR) is 293 cm³/mol. The number of aryl methyl sites for hydroxylation is 1. The average Bonchev–Trinajstić information content (AvgIpc) is 1.85. The van der Waals surface area contributed by atoms with Gasteiger partial charge in [0, 0.05) is 72.9 Å². The summed E-state index contributed by atoms with van der Waals surface area (Å²) in [6.45, 7) is 8.81. The molecule has 440 valence electrons. The Morgan fingerprint density at radius 3 is 2.39 bits per heavy atom. The summed E-state index contributed by atoms with van der Waals surface area (Å²) in [4.78, 5) is 125. The highest BCUT2D eigenvalue weighted by Crippen LogP contribution is 2.48. The number of hydrogen-bond donors (Lipinski definition) is 5. The lowest BCUT2D eigenvalue weighted by Gasteiger charge is -2.36. The summed E-state index contributed by atoms with van der Waals surface area (Å²) in [5.74, 6) is -5.88. The summed E-state index contributed by atoms with van der Waals surface area (Å²) in [6, 6.07) is 5.00. The van der Waals surface area contributed by atoms with Gasteiger partial charge < -0.3 is 45.5 Å². The standard InChI is InChI=1S/C57H69FN8O15S/c1-8-57(76)39-23-43-50-38(26-65(43)25-37(39)54(73)81-55(57)74)48-41(18-17-36-32(5)40(58)24-42(62-50)47(36)48)61-45(68)28-79-29-64(20-21-82(7,77)78)56(75)80-27-34-13-15-35(16-14-34)60-51(70)33(6)59-52(71)49(30(2)3)63-44(67)12-10-9-11-19-66-46(69)22-31(4)53(66)72/h13-16,23-24,30-31,33,41,49,76H,8-12,17-22,25-29H2,1-7H3,(H,59,71)(H,60,70)(H,61,68)(H,63,67)/t31?,33-,41-,49-,57-/m0/s1. The molecule has 0 saturated carbocycles. The summed E-state index contributed by atoms with van der Waals surface area (Å²) in [7, 11) is -3.58. The van der Waals surface area contributed by atoms with Crippen molar-refractivity contribution in [2.75, 3.05) is 50.3 Å². The van der Waals surface area contributed by atoms with Crippen molar-refractivity contribution >= 4 is 85.6 Å². The summed E-state index contributed by atoms with van der Waals surface area (Å²) in [6.07, 6.45) is 4.28. The summed E-state index contributed by atoms with van der Waals surface area (Å²) < 4.78 is 56.0. The van der Waals surface area contributed by atoms with E-state index in [2.05, 4.69) is 21.3 Å². The average molecular weight is 1160 g/mol. The number of aliphatic hydroxyl groups is 1. The van der Waals surface area contributed by atoms with Crippen molar-refractivity contribution < 1.29 is 75.3 Å². The Morgan fingerprint density at radius 2 is 1.72 bits per heavy atom. The molecular weight excluding hydrogens is 1090 g/mol. The number of amides is 7. The first-order valence-corrected chi connectivity index (χ1v) is 29.5. The number of benzene rings is 2. The third kappa shape index (κ3) is 13.2. The molecule has 0 spiro atoms. The molecule has 23 nitrogen and oxygen atoms in total. The molecular formula is C57H69FN8O15S. The fourth-order valence-corrected chi connectivity index (χ4v) is 11.4. The number of carbonyl (C=O) groups is 9. The quantitative estimate of drug-likeness (QED) is 0.0297. The highest BCUT2D eigenvalue weighted by atomic mass is 32.2. The molecule has 5 aliphatic rings. The highest BCUT2D eigenvalue weighted by Gasteiger charge is 2.50. The van der Waals surface area contributed by atoms with Crippen molar-refractivity contribution in [2.24, 2.45) is 11.8 Å². The molecule has 0 radical (unpaired) electrons. The monoisotopic (exact) mass is 1160 g/mol. The van der Waals surface area contributed by atoms with E-state index in [-0.39, 0.29) is 86.2 Å². The van der Waals surface area contributed by atoms with E-state index in [0.717, 1.165) is 16.7 Å². The normalized spacial score (nSPS) is 20.0. The van der Waals surface area contributed by atoms with Crippen LogP contribution in [0, 0.1) is 24.6 Å². The Bertz CT molecular complexity index is 3310. The second-order valence-electron chi connectivity index (χ2n) is 22.0. The summed E-state index contributed by atoms with van der Waals surface area (Å²) in [5.41, 5.74) is 2.84. The molecule has 5 N–H and O–H groups in total. The smallest absolute Gasteiger partial charge is 0.411 e. The number of aromatic nitrogens is 1. The minimum Gasteiger partial charge on any atom is -0.444 e. The van der Waals surface area contributed by atoms with Crippen LogP contribution in [0.15, 0.2) is 47.6 Å². The van der Waals surface area contributed by atoms with Crippen molar-refractivity contribution in [1.29, 1.82) is 0 Å². The number of esters is 2. The summed E-state index contributed by atoms with van der Waals surface area (Å²) >= 11 is 0. The molecule has 1 aromatic heterocycles. The van der Waals surface area contributed by atoms with Crippen LogP contribution >= 0.6 is 0 Å². The zero-order chi connectivity index (χ0) is 59.5. The molecule has 0 bridgehead atoms. The van der Waals surface area contributed by atoms with Crippen molar-refractivity contribution in [3.8, 4) is 0 Å². The number of halogens is 1. The van der Waals surface area contributed by atoms with Gasteiger partial charge in [-0.05, 0) is 92.3 Å². The molecule has 5 atom stereocenters. The maximum Gasteiger partial charge on any atom is 0.411 e. The number of cyclic esters (lactones) is 2. The van der Waals surface area contributed by atoms with E-state index in [1.54, 1.807) is 65.0 Å². The van der Waals surface area contributed by atoms with Gasteiger partial charge in [-0.25, -0.2) is 32.2 Å². The van der Waals surface area contributed by atoms with E-state index in [1.165, 1.54) is 17.9 Å². The van der Waals surface area contributed by atoms with Gasteiger partial charge in [-0.15, -0.1) is 0 Å². The first kappa shape index (κ1) is 60.5. The number of rotatable bonds is 23. The zero-order valence-electron chi connectivity index (χ0n) is 46.9.